The van der Waals surface area contributed by atoms with E-state index in [0.29, 0.717) is 6.54 Å². The number of thiophene rings is 1. The van der Waals surface area contributed by atoms with Crippen LogP contribution in [0.4, 0.5) is 0 Å². The summed E-state index contributed by atoms with van der Waals surface area (Å²) in [5.74, 6) is 0. The van der Waals surface area contributed by atoms with Gasteiger partial charge in [-0.1, -0.05) is 6.07 Å². The number of aromatic nitrogens is 3. The monoisotopic (exact) mass is 297 g/mol. The second-order valence-electron chi connectivity index (χ2n) is 5.35. The first-order chi connectivity index (χ1) is 10.3. The Kier molecular flexibility index (Phi) is 3.07. The largest absolute Gasteiger partial charge is 0.298 e. The maximum absolute atomic E-state index is 12.7. The SMILES string of the molecule is O=c1c2c3c(sc2ncn1CCc1ccccn1)CCC3. The molecule has 5 heteroatoms. The van der Waals surface area contributed by atoms with E-state index in [0.717, 1.165) is 35.2 Å². The van der Waals surface area contributed by atoms with Gasteiger partial charge in [0.1, 0.15) is 4.83 Å². The minimum atomic E-state index is 0.107. The van der Waals surface area contributed by atoms with Crippen LogP contribution in [-0.4, -0.2) is 14.5 Å². The van der Waals surface area contributed by atoms with E-state index < -0.39 is 0 Å². The van der Waals surface area contributed by atoms with Crippen LogP contribution in [0.2, 0.25) is 0 Å². The molecule has 1 aliphatic carbocycles. The highest BCUT2D eigenvalue weighted by Gasteiger charge is 2.21. The van der Waals surface area contributed by atoms with E-state index in [4.69, 9.17) is 0 Å². The highest BCUT2D eigenvalue weighted by Crippen LogP contribution is 2.34. The van der Waals surface area contributed by atoms with Crippen LogP contribution in [0.1, 0.15) is 22.6 Å². The minimum Gasteiger partial charge on any atom is -0.298 e. The van der Waals surface area contributed by atoms with Crippen molar-refractivity contribution in [1.29, 1.82) is 0 Å². The molecule has 4 nitrogen and oxygen atoms in total. The molecule has 0 bridgehead atoms. The smallest absolute Gasteiger partial charge is 0.262 e. The number of aryl methyl sites for hydroxylation is 4. The number of fused-ring (bicyclic) bond motifs is 3. The summed E-state index contributed by atoms with van der Waals surface area (Å²) in [6.07, 6.45) is 7.50. The molecule has 1 aliphatic rings. The molecule has 0 aliphatic heterocycles. The highest BCUT2D eigenvalue weighted by molar-refractivity contribution is 7.18. The van der Waals surface area contributed by atoms with E-state index in [-0.39, 0.29) is 5.56 Å². The molecule has 0 fully saturated rings. The Labute approximate surface area is 126 Å². The second-order valence-corrected chi connectivity index (χ2v) is 6.44. The van der Waals surface area contributed by atoms with E-state index in [1.807, 2.05) is 18.2 Å². The average Bonchev–Trinajstić information content (AvgIpc) is 3.08. The van der Waals surface area contributed by atoms with Crippen LogP contribution in [0.3, 0.4) is 0 Å². The van der Waals surface area contributed by atoms with Crippen molar-refractivity contribution in [2.45, 2.75) is 32.2 Å². The summed E-state index contributed by atoms with van der Waals surface area (Å²) in [5, 5.41) is 0.857. The third-order valence-electron chi connectivity index (χ3n) is 4.03. The van der Waals surface area contributed by atoms with Gasteiger partial charge in [0.25, 0.3) is 5.56 Å². The molecule has 0 spiro atoms. The summed E-state index contributed by atoms with van der Waals surface area (Å²) in [4.78, 5) is 23.7. The lowest BCUT2D eigenvalue weighted by Gasteiger charge is -2.05. The number of nitrogens with zero attached hydrogens (tertiary/aromatic N) is 3. The lowest BCUT2D eigenvalue weighted by atomic mass is 10.2. The molecule has 3 aromatic heterocycles. The Hall–Kier alpha value is -2.01. The standard InChI is InChI=1S/C16H15N3OS/c20-16-14-12-5-3-6-13(12)21-15(14)18-10-19(16)9-7-11-4-1-2-8-17-11/h1-2,4,8,10H,3,5-7,9H2. The number of pyridine rings is 1. The second kappa shape index (κ2) is 5.07. The Balaban J connectivity index is 1.70. The fraction of sp³-hybridized carbons (Fsp3) is 0.312. The molecular weight excluding hydrogens is 282 g/mol. The summed E-state index contributed by atoms with van der Waals surface area (Å²) in [6.45, 7) is 0.628. The maximum atomic E-state index is 12.7. The van der Waals surface area contributed by atoms with Crippen molar-refractivity contribution in [3.63, 3.8) is 0 Å². The number of hydrogen-bond acceptors (Lipinski definition) is 4. The first-order valence-electron chi connectivity index (χ1n) is 7.22. The molecule has 0 radical (unpaired) electrons. The molecule has 106 valence electrons. The molecule has 0 saturated heterocycles. The van der Waals surface area contributed by atoms with Gasteiger partial charge in [-0.15, -0.1) is 11.3 Å². The Morgan fingerprint density at radius 3 is 3.05 bits per heavy atom. The van der Waals surface area contributed by atoms with Crippen molar-refractivity contribution in [2.24, 2.45) is 0 Å². The van der Waals surface area contributed by atoms with Gasteiger partial charge in [-0.25, -0.2) is 4.98 Å². The summed E-state index contributed by atoms with van der Waals surface area (Å²) >= 11 is 1.69. The van der Waals surface area contributed by atoms with E-state index in [1.54, 1.807) is 28.4 Å². The highest BCUT2D eigenvalue weighted by atomic mass is 32.1. The van der Waals surface area contributed by atoms with Crippen molar-refractivity contribution >= 4 is 21.6 Å². The molecule has 0 aromatic carbocycles. The Morgan fingerprint density at radius 1 is 1.24 bits per heavy atom. The molecular formula is C16H15N3OS. The van der Waals surface area contributed by atoms with Gasteiger partial charge in [0.15, 0.2) is 0 Å². The number of hydrogen-bond donors (Lipinski definition) is 0. The molecule has 0 atom stereocenters. The predicted molar refractivity (Wildman–Crippen MR) is 83.8 cm³/mol. The van der Waals surface area contributed by atoms with Gasteiger partial charge in [0, 0.05) is 29.7 Å². The van der Waals surface area contributed by atoms with Crippen molar-refractivity contribution < 1.29 is 0 Å². The lowest BCUT2D eigenvalue weighted by molar-refractivity contribution is 0.654. The normalized spacial score (nSPS) is 13.7. The van der Waals surface area contributed by atoms with Crippen LogP contribution < -0.4 is 5.56 Å². The fourth-order valence-electron chi connectivity index (χ4n) is 2.96. The first-order valence-corrected chi connectivity index (χ1v) is 8.04. The van der Waals surface area contributed by atoms with Gasteiger partial charge >= 0.3 is 0 Å². The zero-order valence-corrected chi connectivity index (χ0v) is 12.4. The fourth-order valence-corrected chi connectivity index (χ4v) is 4.18. The van der Waals surface area contributed by atoms with Gasteiger partial charge in [0.2, 0.25) is 0 Å². The topological polar surface area (TPSA) is 47.8 Å². The van der Waals surface area contributed by atoms with Crippen LogP contribution >= 0.6 is 11.3 Å². The average molecular weight is 297 g/mol. The van der Waals surface area contributed by atoms with Crippen LogP contribution in [0.5, 0.6) is 0 Å². The quantitative estimate of drug-likeness (QED) is 0.746. The molecule has 0 unspecified atom stereocenters. The zero-order valence-electron chi connectivity index (χ0n) is 11.6. The van der Waals surface area contributed by atoms with E-state index >= 15 is 0 Å². The minimum absolute atomic E-state index is 0.107. The third-order valence-corrected chi connectivity index (χ3v) is 5.23. The van der Waals surface area contributed by atoms with E-state index in [2.05, 4.69) is 9.97 Å². The first kappa shape index (κ1) is 12.7. The van der Waals surface area contributed by atoms with Crippen LogP contribution in [0, 0.1) is 0 Å². The summed E-state index contributed by atoms with van der Waals surface area (Å²) < 4.78 is 1.72. The molecule has 0 saturated carbocycles. The predicted octanol–water partition coefficient (Wildman–Crippen LogP) is 2.58. The lowest BCUT2D eigenvalue weighted by Crippen LogP contribution is -2.21. The molecule has 0 N–H and O–H groups in total. The van der Waals surface area contributed by atoms with Gasteiger partial charge in [0.05, 0.1) is 11.7 Å². The molecule has 3 heterocycles. The van der Waals surface area contributed by atoms with Gasteiger partial charge in [-0.3, -0.25) is 14.3 Å². The molecule has 0 amide bonds. The maximum Gasteiger partial charge on any atom is 0.262 e. The Bertz CT molecular complexity index is 851. The molecule has 21 heavy (non-hydrogen) atoms. The summed E-state index contributed by atoms with van der Waals surface area (Å²) in [6, 6.07) is 5.86. The zero-order chi connectivity index (χ0) is 14.2. The van der Waals surface area contributed by atoms with Crippen molar-refractivity contribution in [3.05, 3.63) is 57.2 Å². The van der Waals surface area contributed by atoms with Crippen LogP contribution in [-0.2, 0) is 25.8 Å². The van der Waals surface area contributed by atoms with Crippen molar-refractivity contribution in [2.75, 3.05) is 0 Å². The summed E-state index contributed by atoms with van der Waals surface area (Å²) in [7, 11) is 0. The van der Waals surface area contributed by atoms with Gasteiger partial charge < -0.3 is 0 Å². The number of rotatable bonds is 3. The van der Waals surface area contributed by atoms with Crippen LogP contribution in [0.25, 0.3) is 10.2 Å². The van der Waals surface area contributed by atoms with Crippen molar-refractivity contribution in [3.8, 4) is 0 Å². The van der Waals surface area contributed by atoms with E-state index in [1.165, 1.54) is 16.9 Å². The van der Waals surface area contributed by atoms with Gasteiger partial charge in [-0.2, -0.15) is 0 Å². The third kappa shape index (κ3) is 2.17. The van der Waals surface area contributed by atoms with E-state index in [9.17, 15) is 4.79 Å². The summed E-state index contributed by atoms with van der Waals surface area (Å²) in [5.41, 5.74) is 2.36. The molecule has 3 aromatic rings. The Morgan fingerprint density at radius 2 is 2.19 bits per heavy atom. The van der Waals surface area contributed by atoms with Crippen LogP contribution in [0.15, 0.2) is 35.5 Å². The van der Waals surface area contributed by atoms with Crippen molar-refractivity contribution in [1.82, 2.24) is 14.5 Å². The molecule has 4 rings (SSSR count). The van der Waals surface area contributed by atoms with Gasteiger partial charge in [-0.05, 0) is 37.0 Å².